The molecule has 3 heteroatoms. The molecule has 0 aromatic heterocycles. The smallest absolute Gasteiger partial charge is 0.100 e. The van der Waals surface area contributed by atoms with Crippen LogP contribution in [0.3, 0.4) is 0 Å². The molecule has 0 unspecified atom stereocenters. The van der Waals surface area contributed by atoms with Gasteiger partial charge in [0.2, 0.25) is 0 Å². The molecule has 0 saturated heterocycles. The fourth-order valence-electron chi connectivity index (χ4n) is 0.541. The van der Waals surface area contributed by atoms with Gasteiger partial charge in [-0.15, -0.1) is 0 Å². The molecule has 0 aliphatic carbocycles. The average molecular weight is 136 g/mol. The minimum atomic E-state index is 0.495. The predicted octanol–water partition coefficient (Wildman–Crippen LogP) is 0.891. The average Bonchev–Trinajstić information content (AvgIpc) is 1.89. The molecule has 1 aliphatic rings. The van der Waals surface area contributed by atoms with Crippen LogP contribution in [0.1, 0.15) is 0 Å². The van der Waals surface area contributed by atoms with Crippen LogP contribution in [-0.4, -0.2) is 17.6 Å². The number of allylic oxidation sites excluding steroid dienone is 1. The van der Waals surface area contributed by atoms with Crippen molar-refractivity contribution in [3.05, 3.63) is 11.6 Å². The highest BCUT2D eigenvalue weighted by Crippen LogP contribution is 2.00. The lowest BCUT2D eigenvalue weighted by atomic mass is 10.2. The zero-order valence-corrected chi connectivity index (χ0v) is 5.48. The highest BCUT2D eigenvalue weighted by atomic mass is 32.1. The third-order valence-corrected chi connectivity index (χ3v) is 1.35. The number of hydrogen-bond donors (Lipinski definition) is 0. The Hall–Kier alpha value is -1.01. The second-order valence-electron chi connectivity index (χ2n) is 1.61. The van der Waals surface area contributed by atoms with Crippen LogP contribution in [0.4, 0.5) is 0 Å². The Bertz CT molecular complexity index is 232. The van der Waals surface area contributed by atoms with E-state index in [0.717, 1.165) is 0 Å². The largest absolute Gasteiger partial charge is 0.287 e. The minimum absolute atomic E-state index is 0.495. The molecular formula is C6H4N2S. The van der Waals surface area contributed by atoms with Gasteiger partial charge < -0.3 is 0 Å². The maximum atomic E-state index is 8.39. The van der Waals surface area contributed by atoms with E-state index >= 15 is 0 Å². The number of aliphatic imine (C=N–C) groups is 1. The Morgan fingerprint density at radius 3 is 3.00 bits per heavy atom. The monoisotopic (exact) mass is 136 g/mol. The molecule has 0 atom stereocenters. The maximum Gasteiger partial charge on any atom is 0.100 e. The van der Waals surface area contributed by atoms with Crippen LogP contribution in [0.25, 0.3) is 0 Å². The summed E-state index contributed by atoms with van der Waals surface area (Å²) in [7, 11) is 0. The number of nitriles is 1. The van der Waals surface area contributed by atoms with Crippen LogP contribution < -0.4 is 0 Å². The van der Waals surface area contributed by atoms with E-state index in [4.69, 9.17) is 17.5 Å². The number of hydrogen-bond acceptors (Lipinski definition) is 3. The number of thiocarbonyl (C=S) groups is 1. The summed E-state index contributed by atoms with van der Waals surface area (Å²) < 4.78 is 0. The molecule has 0 N–H and O–H groups in total. The van der Waals surface area contributed by atoms with Gasteiger partial charge in [0.1, 0.15) is 6.07 Å². The third kappa shape index (κ3) is 1.21. The first kappa shape index (κ1) is 6.12. The predicted molar refractivity (Wildman–Crippen MR) is 39.7 cm³/mol. The Morgan fingerprint density at radius 1 is 1.78 bits per heavy atom. The van der Waals surface area contributed by atoms with E-state index in [2.05, 4.69) is 4.99 Å². The molecule has 0 bridgehead atoms. The first-order chi connectivity index (χ1) is 4.34. The molecule has 1 aliphatic heterocycles. The molecule has 0 aromatic rings. The SMILES string of the molecule is N#CC1=CC=NCC1=S. The van der Waals surface area contributed by atoms with Gasteiger partial charge in [-0.3, -0.25) is 4.99 Å². The van der Waals surface area contributed by atoms with E-state index < -0.39 is 0 Å². The second kappa shape index (κ2) is 2.51. The Morgan fingerprint density at radius 2 is 2.56 bits per heavy atom. The van der Waals surface area contributed by atoms with Crippen molar-refractivity contribution in [2.75, 3.05) is 6.54 Å². The van der Waals surface area contributed by atoms with Crippen molar-refractivity contribution < 1.29 is 0 Å². The minimum Gasteiger partial charge on any atom is -0.287 e. The summed E-state index contributed by atoms with van der Waals surface area (Å²) in [5.74, 6) is 0. The Kier molecular flexibility index (Phi) is 1.71. The van der Waals surface area contributed by atoms with Gasteiger partial charge in [-0.1, -0.05) is 12.2 Å². The molecule has 1 rings (SSSR count). The lowest BCUT2D eigenvalue weighted by Crippen LogP contribution is -2.06. The molecule has 9 heavy (non-hydrogen) atoms. The summed E-state index contributed by atoms with van der Waals surface area (Å²) in [6, 6.07) is 1.98. The van der Waals surface area contributed by atoms with Crippen LogP contribution in [0.5, 0.6) is 0 Å². The summed E-state index contributed by atoms with van der Waals surface area (Å²) in [5.41, 5.74) is 0.569. The lowest BCUT2D eigenvalue weighted by molar-refractivity contribution is 1.32. The topological polar surface area (TPSA) is 36.1 Å². The number of nitrogens with zero attached hydrogens (tertiary/aromatic N) is 2. The van der Waals surface area contributed by atoms with Crippen molar-refractivity contribution in [2.24, 2.45) is 4.99 Å². The first-order valence-electron chi connectivity index (χ1n) is 2.48. The zero-order valence-electron chi connectivity index (χ0n) is 4.66. The molecule has 44 valence electrons. The first-order valence-corrected chi connectivity index (χ1v) is 2.89. The van der Waals surface area contributed by atoms with Crippen molar-refractivity contribution in [1.82, 2.24) is 0 Å². The van der Waals surface area contributed by atoms with E-state index in [0.29, 0.717) is 17.0 Å². The standard InChI is InChI=1S/C6H4N2S/c7-3-5-1-2-8-4-6(5)9/h1-2H,4H2. The second-order valence-corrected chi connectivity index (χ2v) is 2.10. The maximum absolute atomic E-state index is 8.39. The van der Waals surface area contributed by atoms with Gasteiger partial charge in [0, 0.05) is 6.21 Å². The molecule has 0 fully saturated rings. The zero-order chi connectivity index (χ0) is 6.69. The van der Waals surface area contributed by atoms with Crippen molar-refractivity contribution in [2.45, 2.75) is 0 Å². The van der Waals surface area contributed by atoms with E-state index in [-0.39, 0.29) is 0 Å². The van der Waals surface area contributed by atoms with Gasteiger partial charge in [-0.25, -0.2) is 0 Å². The number of dihydropyridines is 1. The Labute approximate surface area is 58.5 Å². The van der Waals surface area contributed by atoms with Crippen LogP contribution in [0, 0.1) is 11.3 Å². The van der Waals surface area contributed by atoms with E-state index in [1.165, 1.54) is 0 Å². The van der Waals surface area contributed by atoms with Gasteiger partial charge in [-0.2, -0.15) is 5.26 Å². The van der Waals surface area contributed by atoms with Crippen LogP contribution in [-0.2, 0) is 0 Å². The van der Waals surface area contributed by atoms with E-state index in [9.17, 15) is 0 Å². The highest BCUT2D eigenvalue weighted by Gasteiger charge is 2.03. The van der Waals surface area contributed by atoms with Gasteiger partial charge in [-0.05, 0) is 6.08 Å². The van der Waals surface area contributed by atoms with E-state index in [1.54, 1.807) is 12.3 Å². The molecule has 2 nitrogen and oxygen atoms in total. The summed E-state index contributed by atoms with van der Waals surface area (Å²) in [5, 5.41) is 8.39. The Balaban J connectivity index is 2.91. The lowest BCUT2D eigenvalue weighted by Gasteiger charge is -1.99. The summed E-state index contributed by atoms with van der Waals surface area (Å²) in [6.07, 6.45) is 3.24. The van der Waals surface area contributed by atoms with Crippen molar-refractivity contribution in [1.29, 1.82) is 5.26 Å². The molecule has 1 heterocycles. The number of rotatable bonds is 0. The summed E-state index contributed by atoms with van der Waals surface area (Å²) in [4.78, 5) is 4.50. The quantitative estimate of drug-likeness (QED) is 0.464. The summed E-state index contributed by atoms with van der Waals surface area (Å²) >= 11 is 4.82. The van der Waals surface area contributed by atoms with Gasteiger partial charge in [0.05, 0.1) is 17.0 Å². The van der Waals surface area contributed by atoms with Crippen LogP contribution >= 0.6 is 12.2 Å². The molecule has 0 radical (unpaired) electrons. The van der Waals surface area contributed by atoms with Gasteiger partial charge in [0.25, 0.3) is 0 Å². The van der Waals surface area contributed by atoms with Gasteiger partial charge in [0.15, 0.2) is 0 Å². The normalized spacial score (nSPS) is 16.8. The fraction of sp³-hybridized carbons (Fsp3) is 0.167. The van der Waals surface area contributed by atoms with Crippen LogP contribution in [0.2, 0.25) is 0 Å². The highest BCUT2D eigenvalue weighted by molar-refractivity contribution is 7.81. The molecule has 0 amide bonds. The third-order valence-electron chi connectivity index (χ3n) is 1.00. The molecule has 0 saturated carbocycles. The van der Waals surface area contributed by atoms with Crippen molar-refractivity contribution >= 4 is 23.3 Å². The fourth-order valence-corrected chi connectivity index (χ4v) is 0.729. The van der Waals surface area contributed by atoms with Crippen LogP contribution in [0.15, 0.2) is 16.6 Å². The van der Waals surface area contributed by atoms with Crippen molar-refractivity contribution in [3.8, 4) is 6.07 Å². The van der Waals surface area contributed by atoms with Gasteiger partial charge >= 0.3 is 0 Å². The van der Waals surface area contributed by atoms with Crippen molar-refractivity contribution in [3.63, 3.8) is 0 Å². The molecule has 0 aromatic carbocycles. The summed E-state index contributed by atoms with van der Waals surface area (Å²) in [6.45, 7) is 0.495. The molecule has 0 spiro atoms. The van der Waals surface area contributed by atoms with E-state index in [1.807, 2.05) is 6.07 Å². The molecular weight excluding hydrogens is 132 g/mol.